The molecule has 1 aromatic carbocycles. The first kappa shape index (κ1) is 15.8. The third kappa shape index (κ3) is 3.74. The van der Waals surface area contributed by atoms with Gasteiger partial charge in [0.1, 0.15) is 5.82 Å². The molecule has 1 aromatic heterocycles. The topological polar surface area (TPSA) is 64.3 Å². The zero-order valence-electron chi connectivity index (χ0n) is 11.9. The molecule has 0 aliphatic carbocycles. The Balaban J connectivity index is 2.41. The number of carboxylic acid groups (broad SMARTS) is 1. The van der Waals surface area contributed by atoms with E-state index in [0.29, 0.717) is 17.3 Å². The predicted octanol–water partition coefficient (Wildman–Crippen LogP) is 2.95. The van der Waals surface area contributed by atoms with Crippen LogP contribution in [-0.4, -0.2) is 40.1 Å². The highest BCUT2D eigenvalue weighted by molar-refractivity contribution is 7.99. The van der Waals surface area contributed by atoms with Crippen molar-refractivity contribution in [3.05, 3.63) is 24.0 Å². The van der Waals surface area contributed by atoms with Gasteiger partial charge in [0.2, 0.25) is 0 Å². The summed E-state index contributed by atoms with van der Waals surface area (Å²) in [5, 5.41) is 9.41. The van der Waals surface area contributed by atoms with E-state index in [-0.39, 0.29) is 17.6 Å². The maximum atomic E-state index is 13.3. The van der Waals surface area contributed by atoms with Gasteiger partial charge < -0.3 is 14.4 Å². The van der Waals surface area contributed by atoms with Crippen LogP contribution in [0.5, 0.6) is 0 Å². The zero-order valence-corrected chi connectivity index (χ0v) is 12.7. The fourth-order valence-corrected chi connectivity index (χ4v) is 2.95. The van der Waals surface area contributed by atoms with Gasteiger partial charge in [-0.2, -0.15) is 0 Å². The summed E-state index contributed by atoms with van der Waals surface area (Å²) in [5.74, 6) is -1.34. The van der Waals surface area contributed by atoms with E-state index in [2.05, 4.69) is 4.98 Å². The molecule has 0 saturated heterocycles. The van der Waals surface area contributed by atoms with Crippen molar-refractivity contribution in [1.82, 2.24) is 9.55 Å². The van der Waals surface area contributed by atoms with Crippen LogP contribution in [0.1, 0.15) is 19.4 Å². The lowest BCUT2D eigenvalue weighted by Crippen LogP contribution is -2.10. The van der Waals surface area contributed by atoms with Crippen molar-refractivity contribution in [3.8, 4) is 0 Å². The van der Waals surface area contributed by atoms with Gasteiger partial charge in [-0.15, -0.1) is 0 Å². The van der Waals surface area contributed by atoms with Gasteiger partial charge in [-0.3, -0.25) is 4.79 Å². The van der Waals surface area contributed by atoms with Crippen LogP contribution in [0.25, 0.3) is 11.0 Å². The van der Waals surface area contributed by atoms with E-state index in [1.807, 2.05) is 11.5 Å². The van der Waals surface area contributed by atoms with Crippen LogP contribution in [0.2, 0.25) is 0 Å². The molecule has 1 unspecified atom stereocenters. The summed E-state index contributed by atoms with van der Waals surface area (Å²) in [7, 11) is 1.63. The lowest BCUT2D eigenvalue weighted by atomic mass is 10.2. The van der Waals surface area contributed by atoms with Crippen LogP contribution in [0.15, 0.2) is 23.4 Å². The number of methoxy groups -OCH3 is 1. The Kier molecular flexibility index (Phi) is 5.19. The molecule has 0 bridgehead atoms. The summed E-state index contributed by atoms with van der Waals surface area (Å²) >= 11 is 1.14. The van der Waals surface area contributed by atoms with Crippen molar-refractivity contribution in [2.24, 2.45) is 0 Å². The number of hydrogen-bond donors (Lipinski definition) is 1. The maximum absolute atomic E-state index is 13.3. The Bertz CT molecular complexity index is 644. The molecule has 0 aliphatic rings. The van der Waals surface area contributed by atoms with E-state index in [4.69, 9.17) is 9.84 Å². The molecular weight excluding hydrogens is 295 g/mol. The highest BCUT2D eigenvalue weighted by Crippen LogP contribution is 2.29. The molecule has 0 fully saturated rings. The average molecular weight is 312 g/mol. The van der Waals surface area contributed by atoms with E-state index in [1.165, 1.54) is 12.1 Å². The number of rotatable bonds is 7. The first-order valence-corrected chi connectivity index (χ1v) is 7.52. The number of aromatic nitrogens is 2. The molecule has 0 radical (unpaired) electrons. The number of carboxylic acids is 1. The van der Waals surface area contributed by atoms with Gasteiger partial charge in [0.25, 0.3) is 0 Å². The fraction of sp³-hybridized carbons (Fsp3) is 0.429. The maximum Gasteiger partial charge on any atom is 0.313 e. The number of ether oxygens (including phenoxy) is 1. The number of aliphatic carboxylic acids is 1. The Morgan fingerprint density at radius 2 is 2.33 bits per heavy atom. The monoisotopic (exact) mass is 312 g/mol. The normalized spacial score (nSPS) is 12.7. The number of hydrogen-bond acceptors (Lipinski definition) is 4. The Morgan fingerprint density at radius 3 is 3.00 bits per heavy atom. The summed E-state index contributed by atoms with van der Waals surface area (Å²) in [6.07, 6.45) is 0.764. The number of nitrogens with zero attached hydrogens (tertiary/aromatic N) is 2. The van der Waals surface area contributed by atoms with E-state index in [1.54, 1.807) is 13.2 Å². The molecular formula is C14H17FN2O3S. The first-order chi connectivity index (χ1) is 10.0. The van der Waals surface area contributed by atoms with Crippen molar-refractivity contribution in [1.29, 1.82) is 0 Å². The van der Waals surface area contributed by atoms with Crippen LogP contribution in [-0.2, 0) is 9.53 Å². The zero-order chi connectivity index (χ0) is 15.4. The van der Waals surface area contributed by atoms with Gasteiger partial charge in [0, 0.05) is 25.8 Å². The van der Waals surface area contributed by atoms with Gasteiger partial charge in [-0.05, 0) is 25.5 Å². The second-order valence-electron chi connectivity index (χ2n) is 4.71. The second kappa shape index (κ2) is 6.91. The Morgan fingerprint density at radius 1 is 1.57 bits per heavy atom. The summed E-state index contributed by atoms with van der Waals surface area (Å²) < 4.78 is 20.4. The van der Waals surface area contributed by atoms with Crippen molar-refractivity contribution < 1.29 is 19.0 Å². The van der Waals surface area contributed by atoms with Crippen molar-refractivity contribution in [3.63, 3.8) is 0 Å². The van der Waals surface area contributed by atoms with Crippen molar-refractivity contribution >= 4 is 28.8 Å². The number of thioether (sulfide) groups is 1. The molecule has 21 heavy (non-hydrogen) atoms. The van der Waals surface area contributed by atoms with E-state index < -0.39 is 5.97 Å². The molecule has 1 atom stereocenters. The SMILES string of the molecule is COCCC(C)n1c(SCC(=O)O)nc2cc(F)ccc21. The third-order valence-corrected chi connectivity index (χ3v) is 4.06. The number of halogens is 1. The van der Waals surface area contributed by atoms with Crippen LogP contribution in [0.3, 0.4) is 0 Å². The molecule has 1 N–H and O–H groups in total. The average Bonchev–Trinajstić information content (AvgIpc) is 2.79. The molecule has 0 aliphatic heterocycles. The highest BCUT2D eigenvalue weighted by Gasteiger charge is 2.17. The van der Waals surface area contributed by atoms with Gasteiger partial charge in [0.15, 0.2) is 5.16 Å². The largest absolute Gasteiger partial charge is 0.481 e. The van der Waals surface area contributed by atoms with Gasteiger partial charge in [0.05, 0.1) is 16.8 Å². The van der Waals surface area contributed by atoms with Crippen LogP contribution < -0.4 is 0 Å². The Hall–Kier alpha value is -1.60. The van der Waals surface area contributed by atoms with Gasteiger partial charge in [-0.25, -0.2) is 9.37 Å². The predicted molar refractivity (Wildman–Crippen MR) is 79.3 cm³/mol. The van der Waals surface area contributed by atoms with Gasteiger partial charge >= 0.3 is 5.97 Å². The van der Waals surface area contributed by atoms with Crippen LogP contribution >= 0.6 is 11.8 Å². The number of carbonyl (C=O) groups is 1. The summed E-state index contributed by atoms with van der Waals surface area (Å²) in [6.45, 7) is 2.60. The molecule has 0 spiro atoms. The summed E-state index contributed by atoms with van der Waals surface area (Å²) in [5.41, 5.74) is 1.33. The standard InChI is InChI=1S/C14H17FN2O3S/c1-9(5-6-20-2)17-12-4-3-10(15)7-11(12)16-14(17)21-8-13(18)19/h3-4,7,9H,5-6,8H2,1-2H3,(H,18,19). The minimum Gasteiger partial charge on any atom is -0.481 e. The number of benzene rings is 1. The van der Waals surface area contributed by atoms with E-state index in [0.717, 1.165) is 23.7 Å². The minimum absolute atomic E-state index is 0.0803. The third-order valence-electron chi connectivity index (χ3n) is 3.12. The summed E-state index contributed by atoms with van der Waals surface area (Å²) in [6, 6.07) is 4.50. The van der Waals surface area contributed by atoms with Crippen LogP contribution in [0.4, 0.5) is 4.39 Å². The molecule has 0 amide bonds. The summed E-state index contributed by atoms with van der Waals surface area (Å²) in [4.78, 5) is 15.1. The molecule has 2 aromatic rings. The molecule has 2 rings (SSSR count). The van der Waals surface area contributed by atoms with Crippen molar-refractivity contribution in [2.75, 3.05) is 19.5 Å². The smallest absolute Gasteiger partial charge is 0.313 e. The molecule has 5 nitrogen and oxygen atoms in total. The van der Waals surface area contributed by atoms with Gasteiger partial charge in [-0.1, -0.05) is 11.8 Å². The molecule has 114 valence electrons. The van der Waals surface area contributed by atoms with Crippen LogP contribution in [0, 0.1) is 5.82 Å². The lowest BCUT2D eigenvalue weighted by Gasteiger charge is -2.16. The molecule has 1 heterocycles. The first-order valence-electron chi connectivity index (χ1n) is 6.54. The second-order valence-corrected chi connectivity index (χ2v) is 5.65. The van der Waals surface area contributed by atoms with Crippen molar-refractivity contribution in [2.45, 2.75) is 24.5 Å². The fourth-order valence-electron chi connectivity index (χ4n) is 2.12. The molecule has 7 heteroatoms. The van der Waals surface area contributed by atoms with E-state index >= 15 is 0 Å². The number of fused-ring (bicyclic) bond motifs is 1. The number of imidazole rings is 1. The Labute approximate surface area is 126 Å². The minimum atomic E-state index is -0.908. The highest BCUT2D eigenvalue weighted by atomic mass is 32.2. The molecule has 0 saturated carbocycles. The van der Waals surface area contributed by atoms with E-state index in [9.17, 15) is 9.18 Å². The quantitative estimate of drug-likeness (QED) is 0.796. The lowest BCUT2D eigenvalue weighted by molar-refractivity contribution is -0.133.